The van der Waals surface area contributed by atoms with Crippen molar-refractivity contribution in [1.29, 1.82) is 0 Å². The lowest BCUT2D eigenvalue weighted by atomic mass is 9.98. The molecule has 2 nitrogen and oxygen atoms in total. The van der Waals surface area contributed by atoms with Crippen LogP contribution in [0.25, 0.3) is 43.7 Å². The highest BCUT2D eigenvalue weighted by Gasteiger charge is 2.11. The highest BCUT2D eigenvalue weighted by Crippen LogP contribution is 2.35. The molecule has 2 aromatic heterocycles. The average Bonchev–Trinajstić information content (AvgIpc) is 3.02. The Hall–Kier alpha value is -2.60. The lowest BCUT2D eigenvalue weighted by Crippen LogP contribution is -1.92. The van der Waals surface area contributed by atoms with Crippen molar-refractivity contribution in [3.63, 3.8) is 0 Å². The van der Waals surface area contributed by atoms with Crippen molar-refractivity contribution in [2.45, 2.75) is 0 Å². The molecule has 0 fully saturated rings. The van der Waals surface area contributed by atoms with Crippen LogP contribution in [0.2, 0.25) is 0 Å². The van der Waals surface area contributed by atoms with Crippen LogP contribution in [0.3, 0.4) is 0 Å². The molecule has 5 aromatic rings. The van der Waals surface area contributed by atoms with E-state index in [2.05, 4.69) is 76.5 Å². The molecule has 111 valence electrons. The largest absolute Gasteiger partial charge is 0.451 e. The first kappa shape index (κ1) is 13.8. The van der Waals surface area contributed by atoms with Gasteiger partial charge in [0.15, 0.2) is 0 Å². The Morgan fingerprint density at radius 3 is 2.42 bits per heavy atom. The van der Waals surface area contributed by atoms with E-state index in [1.54, 1.807) is 0 Å². The van der Waals surface area contributed by atoms with E-state index >= 15 is 0 Å². The van der Waals surface area contributed by atoms with E-state index in [0.29, 0.717) is 0 Å². The van der Waals surface area contributed by atoms with Gasteiger partial charge in [0.1, 0.15) is 0 Å². The maximum atomic E-state index is 4.80. The van der Waals surface area contributed by atoms with Gasteiger partial charge in [-0.1, -0.05) is 60.7 Å². The Morgan fingerprint density at radius 2 is 1.46 bits per heavy atom. The average molecular weight is 321 g/mol. The fourth-order valence-corrected chi connectivity index (χ4v) is 4.04. The lowest BCUT2D eigenvalue weighted by molar-refractivity contribution is 1.32. The third-order valence-electron chi connectivity index (χ3n) is 4.70. The lowest BCUT2D eigenvalue weighted by Gasteiger charge is -2.11. The maximum Gasteiger partial charge on any atom is 0.348 e. The Kier molecular flexibility index (Phi) is 3.00. The van der Waals surface area contributed by atoms with Crippen molar-refractivity contribution in [3.8, 4) is 11.1 Å². The van der Waals surface area contributed by atoms with E-state index in [4.69, 9.17) is 4.98 Å². The first-order valence-corrected chi connectivity index (χ1v) is 8.64. The van der Waals surface area contributed by atoms with Gasteiger partial charge in [-0.3, -0.25) is 4.98 Å². The molecular formula is C21H14AlN2. The molecule has 24 heavy (non-hydrogen) atoms. The number of hydrogen-bond acceptors (Lipinski definition) is 1. The van der Waals surface area contributed by atoms with Crippen LogP contribution in [0.4, 0.5) is 0 Å². The predicted molar refractivity (Wildman–Crippen MR) is 103 cm³/mol. The second-order valence-corrected chi connectivity index (χ2v) is 6.76. The van der Waals surface area contributed by atoms with Crippen LogP contribution in [0.1, 0.15) is 0 Å². The van der Waals surface area contributed by atoms with Gasteiger partial charge in [0.05, 0.1) is 5.52 Å². The molecule has 1 radical (unpaired) electrons. The molecule has 3 heteroatoms. The molecule has 0 aliphatic carbocycles. The molecule has 0 spiro atoms. The third kappa shape index (κ3) is 1.93. The topological polar surface area (TPSA) is 17.8 Å². The highest BCUT2D eigenvalue weighted by atomic mass is 27.1. The van der Waals surface area contributed by atoms with Crippen molar-refractivity contribution in [1.82, 2.24) is 8.53 Å². The number of hydrogen-bond donors (Lipinski definition) is 0. The first-order valence-electron chi connectivity index (χ1n) is 8.01. The Labute approximate surface area is 148 Å². The van der Waals surface area contributed by atoms with Crippen LogP contribution in [0, 0.1) is 0 Å². The maximum absolute atomic E-state index is 4.80. The summed E-state index contributed by atoms with van der Waals surface area (Å²) in [6.07, 6.45) is 4.11. The molecule has 0 atom stereocenters. The van der Waals surface area contributed by atoms with Crippen molar-refractivity contribution >= 4 is 49.1 Å². The monoisotopic (exact) mass is 321 g/mol. The van der Waals surface area contributed by atoms with Gasteiger partial charge in [-0.2, -0.15) is 0 Å². The normalized spacial score (nSPS) is 11.5. The van der Waals surface area contributed by atoms with Crippen LogP contribution in [-0.4, -0.2) is 25.0 Å². The third-order valence-corrected chi connectivity index (χ3v) is 5.23. The number of pyridine rings is 1. The van der Waals surface area contributed by atoms with E-state index in [1.165, 1.54) is 38.2 Å². The molecule has 0 N–H and O–H groups in total. The van der Waals surface area contributed by atoms with E-state index in [0.717, 1.165) is 5.52 Å². The zero-order chi connectivity index (χ0) is 16.1. The molecular weight excluding hydrogens is 307 g/mol. The van der Waals surface area contributed by atoms with Gasteiger partial charge < -0.3 is 3.55 Å². The Bertz CT molecular complexity index is 1220. The molecule has 0 amide bonds. The van der Waals surface area contributed by atoms with Gasteiger partial charge in [-0.15, -0.1) is 0 Å². The zero-order valence-electron chi connectivity index (χ0n) is 13.1. The van der Waals surface area contributed by atoms with E-state index in [1.807, 2.05) is 22.7 Å². The van der Waals surface area contributed by atoms with Gasteiger partial charge in [-0.05, 0) is 23.0 Å². The van der Waals surface area contributed by atoms with Gasteiger partial charge in [0, 0.05) is 33.6 Å². The molecule has 5 rings (SSSR count). The summed E-state index contributed by atoms with van der Waals surface area (Å²) in [5, 5.41) is 4.91. The zero-order valence-corrected chi connectivity index (χ0v) is 14.5. The van der Waals surface area contributed by atoms with Crippen LogP contribution in [0.15, 0.2) is 79.1 Å². The van der Waals surface area contributed by atoms with Crippen LogP contribution in [-0.2, 0) is 0 Å². The van der Waals surface area contributed by atoms with Crippen molar-refractivity contribution in [2.24, 2.45) is 0 Å². The molecule has 3 aromatic carbocycles. The van der Waals surface area contributed by atoms with E-state index in [9.17, 15) is 0 Å². The predicted octanol–water partition coefficient (Wildman–Crippen LogP) is 4.67. The smallest absolute Gasteiger partial charge is 0.348 e. The van der Waals surface area contributed by atoms with Gasteiger partial charge in [0.2, 0.25) is 0 Å². The van der Waals surface area contributed by atoms with Crippen LogP contribution >= 0.6 is 0 Å². The summed E-state index contributed by atoms with van der Waals surface area (Å²) in [5.41, 5.74) is 4.75. The minimum absolute atomic E-state index is 1.06. The van der Waals surface area contributed by atoms with Crippen molar-refractivity contribution in [3.05, 3.63) is 79.1 Å². The number of para-hydroxylation sites is 2. The van der Waals surface area contributed by atoms with E-state index < -0.39 is 0 Å². The SMILES string of the molecule is [AlH][n]1ccc2cccc(-c3cccc4c3ncc3ccccc34)c21. The summed E-state index contributed by atoms with van der Waals surface area (Å²) < 4.78 is 2.21. The standard InChI is InChI=1S/C21H13N2.Al.H/c1-2-7-16-15(5-1)13-23-21-17(16)9-4-10-19(21)18-8-3-6-14-11-12-22-20(14)18;;/h1-13H;;/q-1;+1;. The number of aromatic nitrogens is 2. The molecule has 0 aliphatic heterocycles. The minimum atomic E-state index is 1.06. The highest BCUT2D eigenvalue weighted by molar-refractivity contribution is 6.16. The number of benzene rings is 3. The molecule has 0 saturated heterocycles. The summed E-state index contributed by atoms with van der Waals surface area (Å²) in [6, 6.07) is 23.6. The molecule has 0 unspecified atom stereocenters. The molecule has 0 bridgehead atoms. The van der Waals surface area contributed by atoms with Crippen LogP contribution in [0.5, 0.6) is 0 Å². The first-order chi connectivity index (χ1) is 11.8. The quantitative estimate of drug-likeness (QED) is 0.324. The Balaban J connectivity index is 1.93. The van der Waals surface area contributed by atoms with Crippen molar-refractivity contribution < 1.29 is 0 Å². The summed E-state index contributed by atoms with van der Waals surface area (Å²) >= 11 is 1.87. The fraction of sp³-hybridized carbons (Fsp3) is 0. The van der Waals surface area contributed by atoms with Gasteiger partial charge in [0.25, 0.3) is 0 Å². The molecule has 0 aliphatic rings. The number of fused-ring (bicyclic) bond motifs is 4. The molecule has 0 saturated carbocycles. The molecule has 2 heterocycles. The van der Waals surface area contributed by atoms with Gasteiger partial charge in [-0.25, -0.2) is 0 Å². The second kappa shape index (κ2) is 5.21. The summed E-state index contributed by atoms with van der Waals surface area (Å²) in [4.78, 5) is 4.80. The summed E-state index contributed by atoms with van der Waals surface area (Å²) in [6.45, 7) is 0. The summed E-state index contributed by atoms with van der Waals surface area (Å²) in [5.74, 6) is 0. The van der Waals surface area contributed by atoms with Gasteiger partial charge >= 0.3 is 16.5 Å². The Morgan fingerprint density at radius 1 is 0.708 bits per heavy atom. The summed E-state index contributed by atoms with van der Waals surface area (Å²) in [7, 11) is 0. The minimum Gasteiger partial charge on any atom is -0.451 e. The number of rotatable bonds is 1. The van der Waals surface area contributed by atoms with E-state index in [-0.39, 0.29) is 0 Å². The number of nitrogens with zero attached hydrogens (tertiary/aromatic N) is 2. The second-order valence-electron chi connectivity index (χ2n) is 6.08. The van der Waals surface area contributed by atoms with Crippen molar-refractivity contribution in [2.75, 3.05) is 0 Å². The van der Waals surface area contributed by atoms with Crippen LogP contribution < -0.4 is 0 Å². The fourth-order valence-electron chi connectivity index (χ4n) is 3.58.